The molecule has 342 valence electrons. The largest absolute Gasteiger partial charge is 0.313 e. The normalized spacial score (nSPS) is 12.3. The van der Waals surface area contributed by atoms with Gasteiger partial charge in [0, 0.05) is 49.6 Å². The molecule has 0 radical (unpaired) electrons. The lowest BCUT2D eigenvalue weighted by molar-refractivity contribution is 0.970. The van der Waals surface area contributed by atoms with Gasteiger partial charge >= 0.3 is 0 Å². The van der Waals surface area contributed by atoms with Crippen LogP contribution < -0.4 is 0 Å². The molecule has 0 saturated heterocycles. The molecule has 4 nitrogen and oxygen atoms in total. The van der Waals surface area contributed by atoms with Gasteiger partial charge in [0.2, 0.25) is 0 Å². The van der Waals surface area contributed by atoms with Gasteiger partial charge in [0.25, 0.3) is 0 Å². The van der Waals surface area contributed by atoms with E-state index in [4.69, 9.17) is 9.97 Å². The van der Waals surface area contributed by atoms with E-state index in [-0.39, 0.29) is 5.92 Å². The lowest BCUT2D eigenvalue weighted by Gasteiger charge is -2.14. The summed E-state index contributed by atoms with van der Waals surface area (Å²) in [7, 11) is 0. The third-order valence-electron chi connectivity index (χ3n) is 13.5. The van der Waals surface area contributed by atoms with Crippen LogP contribution in [0, 0.1) is 0 Å². The number of nitrogens with zero attached hydrogens (tertiary/aromatic N) is 4. The molecule has 0 fully saturated rings. The molecule has 1 atom stereocenters. The van der Waals surface area contributed by atoms with Crippen molar-refractivity contribution in [2.45, 2.75) is 33.6 Å². The summed E-state index contributed by atoms with van der Waals surface area (Å²) in [6, 6.07) is 84.4. The molecule has 12 rings (SSSR count). The maximum Gasteiger partial charge on any atom is 0.160 e. The zero-order valence-corrected chi connectivity index (χ0v) is 40.5. The average Bonchev–Trinajstić information content (AvgIpc) is 3.96. The van der Waals surface area contributed by atoms with E-state index >= 15 is 0 Å². The molecule has 9 aromatic carbocycles. The molecule has 0 amide bonds. The van der Waals surface area contributed by atoms with Gasteiger partial charge in [0.05, 0.1) is 33.5 Å². The topological polar surface area (TPSA) is 35.6 Å². The summed E-state index contributed by atoms with van der Waals surface area (Å²) >= 11 is 0. The molecule has 1 unspecified atom stereocenters. The van der Waals surface area contributed by atoms with Crippen LogP contribution in [0.3, 0.4) is 0 Å². The molecule has 0 aliphatic rings. The van der Waals surface area contributed by atoms with E-state index in [2.05, 4.69) is 260 Å². The summed E-state index contributed by atoms with van der Waals surface area (Å²) < 4.78 is 4.80. The summed E-state index contributed by atoms with van der Waals surface area (Å²) in [6.45, 7) is 8.51. The monoisotopic (exact) mass is 914 g/mol. The third-order valence-corrected chi connectivity index (χ3v) is 13.5. The fourth-order valence-electron chi connectivity index (χ4n) is 10.1. The lowest BCUT2D eigenvalue weighted by Crippen LogP contribution is -1.97. The van der Waals surface area contributed by atoms with Crippen LogP contribution in [-0.2, 0) is 0 Å². The van der Waals surface area contributed by atoms with Gasteiger partial charge < -0.3 is 9.13 Å². The number of aromatic nitrogens is 4. The van der Waals surface area contributed by atoms with Crippen molar-refractivity contribution in [1.82, 2.24) is 19.1 Å². The van der Waals surface area contributed by atoms with Gasteiger partial charge in [0.1, 0.15) is 0 Å². The first-order valence-electron chi connectivity index (χ1n) is 24.7. The fraction of sp³-hybridized carbons (Fsp3) is 0.0746. The van der Waals surface area contributed by atoms with Gasteiger partial charge in [-0.3, -0.25) is 0 Å². The van der Waals surface area contributed by atoms with E-state index in [9.17, 15) is 0 Å². The summed E-state index contributed by atoms with van der Waals surface area (Å²) in [5.74, 6) is 0.895. The molecular formula is C67H54N4. The fourth-order valence-corrected chi connectivity index (χ4v) is 10.1. The van der Waals surface area contributed by atoms with Crippen molar-refractivity contribution >= 4 is 54.9 Å². The Morgan fingerprint density at radius 1 is 0.423 bits per heavy atom. The number of fused-ring (bicyclic) bond motifs is 6. The van der Waals surface area contributed by atoms with Crippen LogP contribution in [0.4, 0.5) is 0 Å². The molecule has 0 saturated carbocycles. The number of hydrogen-bond acceptors (Lipinski definition) is 2. The van der Waals surface area contributed by atoms with Crippen molar-refractivity contribution < 1.29 is 0 Å². The Kier molecular flexibility index (Phi) is 12.3. The average molecular weight is 915 g/mol. The quantitative estimate of drug-likeness (QED) is 0.128. The van der Waals surface area contributed by atoms with Gasteiger partial charge in [-0.05, 0) is 113 Å². The van der Waals surface area contributed by atoms with Gasteiger partial charge in [-0.2, -0.15) is 0 Å². The molecule has 71 heavy (non-hydrogen) atoms. The number of benzene rings is 9. The Bertz CT molecular complexity index is 3830. The number of hydrogen-bond donors (Lipinski definition) is 0. The van der Waals surface area contributed by atoms with Crippen molar-refractivity contribution in [2.24, 2.45) is 0 Å². The molecule has 0 aliphatic carbocycles. The molecule has 0 aliphatic heterocycles. The van der Waals surface area contributed by atoms with Crippen molar-refractivity contribution in [3.63, 3.8) is 0 Å². The van der Waals surface area contributed by atoms with Crippen LogP contribution >= 0.6 is 0 Å². The minimum atomic E-state index is 0.209. The highest BCUT2D eigenvalue weighted by Gasteiger charge is 2.19. The summed E-state index contributed by atoms with van der Waals surface area (Å²) in [5, 5.41) is 4.76. The van der Waals surface area contributed by atoms with Gasteiger partial charge in [-0.1, -0.05) is 197 Å². The number of allylic oxidation sites excluding steroid dienone is 4. The maximum atomic E-state index is 5.26. The minimum absolute atomic E-state index is 0.209. The van der Waals surface area contributed by atoms with Crippen LogP contribution in [-0.4, -0.2) is 19.1 Å². The van der Waals surface area contributed by atoms with E-state index < -0.39 is 0 Å². The van der Waals surface area contributed by atoms with Gasteiger partial charge in [-0.25, -0.2) is 9.97 Å². The van der Waals surface area contributed by atoms with E-state index in [1.807, 2.05) is 26.0 Å². The van der Waals surface area contributed by atoms with Crippen LogP contribution in [0.15, 0.2) is 249 Å². The molecular weight excluding hydrogens is 861 g/mol. The third kappa shape index (κ3) is 8.66. The predicted octanol–water partition coefficient (Wildman–Crippen LogP) is 18.1. The Balaban J connectivity index is 0.00000270. The smallest absolute Gasteiger partial charge is 0.160 e. The molecule has 0 bridgehead atoms. The first kappa shape index (κ1) is 44.6. The summed E-state index contributed by atoms with van der Waals surface area (Å²) in [4.78, 5) is 10.5. The van der Waals surface area contributed by atoms with Crippen molar-refractivity contribution in [1.29, 1.82) is 0 Å². The van der Waals surface area contributed by atoms with E-state index in [0.29, 0.717) is 5.82 Å². The van der Waals surface area contributed by atoms with Crippen molar-refractivity contribution in [3.05, 3.63) is 260 Å². The summed E-state index contributed by atoms with van der Waals surface area (Å²) in [6.07, 6.45) is 4.75. The maximum absolute atomic E-state index is 5.26. The molecule has 3 aromatic heterocycles. The first-order valence-corrected chi connectivity index (χ1v) is 24.7. The van der Waals surface area contributed by atoms with Crippen LogP contribution in [0.2, 0.25) is 0 Å². The van der Waals surface area contributed by atoms with Crippen LogP contribution in [0.1, 0.15) is 44.7 Å². The lowest BCUT2D eigenvalue weighted by atomic mass is 9.95. The van der Waals surface area contributed by atoms with E-state index in [1.54, 1.807) is 0 Å². The molecule has 0 N–H and O–H groups in total. The second-order valence-corrected chi connectivity index (χ2v) is 17.9. The second-order valence-electron chi connectivity index (χ2n) is 17.9. The molecule has 4 heteroatoms. The highest BCUT2D eigenvalue weighted by atomic mass is 15.0. The predicted molar refractivity (Wildman–Crippen MR) is 302 cm³/mol. The van der Waals surface area contributed by atoms with Gasteiger partial charge in [0.15, 0.2) is 5.82 Å². The molecule has 0 spiro atoms. The zero-order chi connectivity index (χ0) is 48.3. The standard InChI is InChI=1S/C65H48N4.C2H6/c1-44(46-20-8-3-9-21-46)38-53(47-22-10-4-11-23-47)39-45(2)68-62-35-32-51(50-33-36-64-56(40-50)55-30-18-19-31-61(55)69(64)54-28-16-7-17-29-54)41-57(62)58-42-52(34-37-63(58)68)65-66-59(48-24-12-5-13-25-48)43-60(67-65)49-26-14-6-15-27-49;1-2/h3-44H,1-2H3;1-2H3/b45-39+,53-38+;. The molecule has 3 heterocycles. The van der Waals surface area contributed by atoms with E-state index in [0.717, 1.165) is 66.8 Å². The SMILES string of the molecule is C/C(=C\C(=C/C(C)c1ccccc1)c1ccccc1)n1c2ccc(-c3ccc4c(c3)c3ccccc3n4-c3ccccc3)cc2c2cc(-c3nc(-c4ccccc4)cc(-c4ccccc4)n3)ccc21.CC. The Morgan fingerprint density at radius 3 is 1.46 bits per heavy atom. The highest BCUT2D eigenvalue weighted by molar-refractivity contribution is 6.14. The van der Waals surface area contributed by atoms with Crippen molar-refractivity contribution in [2.75, 3.05) is 0 Å². The number of rotatable bonds is 10. The van der Waals surface area contributed by atoms with E-state index in [1.165, 1.54) is 44.1 Å². The number of para-hydroxylation sites is 2. The Morgan fingerprint density at radius 2 is 0.873 bits per heavy atom. The highest BCUT2D eigenvalue weighted by Crippen LogP contribution is 2.40. The van der Waals surface area contributed by atoms with Gasteiger partial charge in [-0.15, -0.1) is 0 Å². The Labute approximate surface area is 416 Å². The summed E-state index contributed by atoms with van der Waals surface area (Å²) in [5.41, 5.74) is 17.7. The van der Waals surface area contributed by atoms with Crippen LogP contribution in [0.25, 0.3) is 106 Å². The first-order chi connectivity index (χ1) is 35.0. The Hall–Kier alpha value is -8.86. The zero-order valence-electron chi connectivity index (χ0n) is 40.5. The second kappa shape index (κ2) is 19.6. The van der Waals surface area contributed by atoms with Crippen molar-refractivity contribution in [3.8, 4) is 50.7 Å². The molecule has 12 aromatic rings. The minimum Gasteiger partial charge on any atom is -0.313 e. The van der Waals surface area contributed by atoms with Crippen LogP contribution in [0.5, 0.6) is 0 Å².